The van der Waals surface area contributed by atoms with E-state index in [9.17, 15) is 9.18 Å². The average molecular weight is 471 g/mol. The van der Waals surface area contributed by atoms with E-state index in [0.29, 0.717) is 22.5 Å². The molecule has 11 heteroatoms. The molecule has 5 rings (SSSR count). The Kier molecular flexibility index (Phi) is 5.71. The molecule has 0 aliphatic heterocycles. The average Bonchev–Trinajstić information content (AvgIpc) is 3.24. The number of halogens is 1. The highest BCUT2D eigenvalue weighted by molar-refractivity contribution is 6.04. The standard InChI is InChI=1S/C24H18FN7O3/c1-13-20-17(11-18(28-21(20)35-32-13)14-5-3-2-4-6-14)22(33)34-12-19-29-23(26)31-24(30-19)27-16-9-7-15(25)8-10-16/h2-11H,12H2,1H3,(H3,26,27,29,30,31). The lowest BCUT2D eigenvalue weighted by atomic mass is 10.1. The Labute approximate surface area is 198 Å². The molecular formula is C24H18FN7O3. The Morgan fingerprint density at radius 2 is 1.83 bits per heavy atom. The lowest BCUT2D eigenvalue weighted by Crippen LogP contribution is -2.12. The van der Waals surface area contributed by atoms with E-state index in [1.54, 1.807) is 13.0 Å². The predicted octanol–water partition coefficient (Wildman–Crippen LogP) is 4.21. The zero-order chi connectivity index (χ0) is 24.4. The number of ether oxygens (including phenoxy) is 1. The molecule has 0 radical (unpaired) electrons. The highest BCUT2D eigenvalue weighted by Gasteiger charge is 2.21. The number of rotatable bonds is 6. The Bertz CT molecular complexity index is 1520. The third-order valence-electron chi connectivity index (χ3n) is 5.04. The van der Waals surface area contributed by atoms with E-state index < -0.39 is 5.97 Å². The molecule has 0 amide bonds. The van der Waals surface area contributed by atoms with E-state index in [-0.39, 0.29) is 41.4 Å². The van der Waals surface area contributed by atoms with Crippen LogP contribution in [0.2, 0.25) is 0 Å². The van der Waals surface area contributed by atoms with E-state index in [1.807, 2.05) is 30.3 Å². The van der Waals surface area contributed by atoms with Crippen molar-refractivity contribution in [2.24, 2.45) is 0 Å². The number of esters is 1. The van der Waals surface area contributed by atoms with Crippen LogP contribution in [0.5, 0.6) is 0 Å². The van der Waals surface area contributed by atoms with E-state index >= 15 is 0 Å². The number of anilines is 3. The Hall–Kier alpha value is -4.93. The third-order valence-corrected chi connectivity index (χ3v) is 5.04. The number of nitrogen functional groups attached to an aromatic ring is 1. The first-order chi connectivity index (χ1) is 17.0. The zero-order valence-corrected chi connectivity index (χ0v) is 18.4. The molecule has 35 heavy (non-hydrogen) atoms. The summed E-state index contributed by atoms with van der Waals surface area (Å²) in [4.78, 5) is 29.8. The van der Waals surface area contributed by atoms with Gasteiger partial charge in [0, 0.05) is 11.3 Å². The lowest BCUT2D eigenvalue weighted by Gasteiger charge is -2.09. The molecule has 174 valence electrons. The molecule has 5 aromatic rings. The molecular weight excluding hydrogens is 453 g/mol. The highest BCUT2D eigenvalue weighted by Crippen LogP contribution is 2.27. The van der Waals surface area contributed by atoms with Crippen LogP contribution >= 0.6 is 0 Å². The van der Waals surface area contributed by atoms with Gasteiger partial charge in [-0.1, -0.05) is 35.5 Å². The third kappa shape index (κ3) is 4.74. The molecule has 0 aliphatic rings. The van der Waals surface area contributed by atoms with Gasteiger partial charge in [0.1, 0.15) is 5.82 Å². The Balaban J connectivity index is 1.39. The number of carbonyl (C=O) groups excluding carboxylic acids is 1. The van der Waals surface area contributed by atoms with Crippen molar-refractivity contribution >= 4 is 34.7 Å². The summed E-state index contributed by atoms with van der Waals surface area (Å²) in [7, 11) is 0. The van der Waals surface area contributed by atoms with Gasteiger partial charge in [-0.2, -0.15) is 15.0 Å². The summed E-state index contributed by atoms with van der Waals surface area (Å²) in [5, 5.41) is 7.30. The first-order valence-electron chi connectivity index (χ1n) is 10.5. The molecule has 0 atom stereocenters. The van der Waals surface area contributed by atoms with Crippen LogP contribution in [0, 0.1) is 12.7 Å². The minimum absolute atomic E-state index is 0.0665. The topological polar surface area (TPSA) is 142 Å². The number of hydrogen-bond acceptors (Lipinski definition) is 10. The fourth-order valence-electron chi connectivity index (χ4n) is 3.44. The van der Waals surface area contributed by atoms with Crippen molar-refractivity contribution < 1.29 is 18.4 Å². The molecule has 3 heterocycles. The monoisotopic (exact) mass is 471 g/mol. The minimum Gasteiger partial charge on any atom is -0.454 e. The van der Waals surface area contributed by atoms with Gasteiger partial charge < -0.3 is 20.3 Å². The predicted molar refractivity (Wildman–Crippen MR) is 125 cm³/mol. The van der Waals surface area contributed by atoms with Crippen LogP contribution in [0.4, 0.5) is 22.0 Å². The van der Waals surface area contributed by atoms with Gasteiger partial charge in [0.2, 0.25) is 11.9 Å². The largest absolute Gasteiger partial charge is 0.454 e. The number of carbonyl (C=O) groups is 1. The number of aryl methyl sites for hydroxylation is 1. The van der Waals surface area contributed by atoms with Gasteiger partial charge >= 0.3 is 5.97 Å². The van der Waals surface area contributed by atoms with Crippen LogP contribution in [-0.4, -0.2) is 31.1 Å². The minimum atomic E-state index is -0.632. The second-order valence-corrected chi connectivity index (χ2v) is 7.51. The smallest absolute Gasteiger partial charge is 0.339 e. The summed E-state index contributed by atoms with van der Waals surface area (Å²) in [5.74, 6) is -0.813. The first-order valence-corrected chi connectivity index (χ1v) is 10.5. The van der Waals surface area contributed by atoms with Gasteiger partial charge in [-0.15, -0.1) is 0 Å². The summed E-state index contributed by atoms with van der Waals surface area (Å²) in [6, 6.07) is 16.6. The van der Waals surface area contributed by atoms with Crippen molar-refractivity contribution in [1.29, 1.82) is 0 Å². The molecule has 0 aliphatic carbocycles. The number of fused-ring (bicyclic) bond motifs is 1. The van der Waals surface area contributed by atoms with Crippen molar-refractivity contribution in [2.75, 3.05) is 11.1 Å². The van der Waals surface area contributed by atoms with Crippen LogP contribution in [0.3, 0.4) is 0 Å². The summed E-state index contributed by atoms with van der Waals surface area (Å²) >= 11 is 0. The normalized spacial score (nSPS) is 10.9. The van der Waals surface area contributed by atoms with E-state index in [0.717, 1.165) is 5.56 Å². The lowest BCUT2D eigenvalue weighted by molar-refractivity contribution is 0.0464. The number of benzene rings is 2. The molecule has 10 nitrogen and oxygen atoms in total. The van der Waals surface area contributed by atoms with Crippen molar-refractivity contribution in [3.8, 4) is 11.3 Å². The maximum Gasteiger partial charge on any atom is 0.339 e. The van der Waals surface area contributed by atoms with Gasteiger partial charge in [-0.25, -0.2) is 14.2 Å². The SMILES string of the molecule is Cc1noc2nc(-c3ccccc3)cc(C(=O)OCc3nc(N)nc(Nc4ccc(F)cc4)n3)c12. The van der Waals surface area contributed by atoms with Crippen LogP contribution in [0.25, 0.3) is 22.4 Å². The fraction of sp³-hybridized carbons (Fsp3) is 0.0833. The molecule has 0 fully saturated rings. The maximum atomic E-state index is 13.1. The summed E-state index contributed by atoms with van der Waals surface area (Å²) < 4.78 is 23.9. The van der Waals surface area contributed by atoms with E-state index in [2.05, 4.69) is 30.4 Å². The van der Waals surface area contributed by atoms with Crippen LogP contribution in [0.1, 0.15) is 21.9 Å². The quantitative estimate of drug-likeness (QED) is 0.346. The van der Waals surface area contributed by atoms with E-state index in [4.69, 9.17) is 15.0 Å². The summed E-state index contributed by atoms with van der Waals surface area (Å²) in [6.07, 6.45) is 0. The maximum absolute atomic E-state index is 13.1. The first kappa shape index (κ1) is 21.9. The number of pyridine rings is 1. The number of aromatic nitrogens is 5. The number of nitrogens with zero attached hydrogens (tertiary/aromatic N) is 5. The summed E-state index contributed by atoms with van der Waals surface area (Å²) in [5.41, 5.74) is 8.67. The molecule has 3 N–H and O–H groups in total. The molecule has 3 aromatic heterocycles. The van der Waals surface area contributed by atoms with Gasteiger partial charge in [0.05, 0.1) is 22.3 Å². The van der Waals surface area contributed by atoms with Gasteiger partial charge in [0.25, 0.3) is 5.71 Å². The van der Waals surface area contributed by atoms with Crippen molar-refractivity contribution in [2.45, 2.75) is 13.5 Å². The zero-order valence-electron chi connectivity index (χ0n) is 18.4. The van der Waals surface area contributed by atoms with Gasteiger partial charge in [0.15, 0.2) is 12.4 Å². The van der Waals surface area contributed by atoms with Crippen LogP contribution in [-0.2, 0) is 11.3 Å². The van der Waals surface area contributed by atoms with Crippen molar-refractivity contribution in [3.05, 3.63) is 83.6 Å². The van der Waals surface area contributed by atoms with Gasteiger partial charge in [-0.05, 0) is 37.3 Å². The van der Waals surface area contributed by atoms with Crippen molar-refractivity contribution in [1.82, 2.24) is 25.1 Å². The number of hydrogen-bond donors (Lipinski definition) is 2. The molecule has 0 saturated carbocycles. The molecule has 0 spiro atoms. The van der Waals surface area contributed by atoms with Crippen LogP contribution in [0.15, 0.2) is 65.2 Å². The second-order valence-electron chi connectivity index (χ2n) is 7.51. The summed E-state index contributed by atoms with van der Waals surface area (Å²) in [6.45, 7) is 1.45. The fourth-order valence-corrected chi connectivity index (χ4v) is 3.44. The number of nitrogens with one attached hydrogen (secondary N) is 1. The molecule has 0 unspecified atom stereocenters. The Morgan fingerprint density at radius 1 is 1.06 bits per heavy atom. The number of nitrogens with two attached hydrogens (primary N) is 1. The molecule has 0 saturated heterocycles. The second kappa shape index (κ2) is 9.14. The Morgan fingerprint density at radius 3 is 2.60 bits per heavy atom. The highest BCUT2D eigenvalue weighted by atomic mass is 19.1. The molecule has 2 aromatic carbocycles. The van der Waals surface area contributed by atoms with Crippen molar-refractivity contribution in [3.63, 3.8) is 0 Å². The van der Waals surface area contributed by atoms with Crippen LogP contribution < -0.4 is 11.1 Å². The van der Waals surface area contributed by atoms with E-state index in [1.165, 1.54) is 24.3 Å². The molecule has 0 bridgehead atoms. The van der Waals surface area contributed by atoms with Gasteiger partial charge in [-0.3, -0.25) is 0 Å².